The maximum absolute atomic E-state index is 10.9. The number of carbonyl (C=O) groups excluding carboxylic acids is 1. The molecular weight excluding hydrogens is 266 g/mol. The molecule has 2 N–H and O–H groups in total. The summed E-state index contributed by atoms with van der Waals surface area (Å²) in [7, 11) is 0. The van der Waals surface area contributed by atoms with E-state index in [0.29, 0.717) is 12.3 Å². The van der Waals surface area contributed by atoms with Crippen LogP contribution in [0.2, 0.25) is 0 Å². The van der Waals surface area contributed by atoms with E-state index in [2.05, 4.69) is 19.7 Å². The first kappa shape index (κ1) is 14.5. The van der Waals surface area contributed by atoms with Crippen molar-refractivity contribution in [3.63, 3.8) is 0 Å². The number of likely N-dealkylation sites (tertiary alicyclic amines) is 1. The van der Waals surface area contributed by atoms with Crippen LogP contribution in [-0.2, 0) is 24.3 Å². The summed E-state index contributed by atoms with van der Waals surface area (Å²) in [5.74, 6) is 2.67. The zero-order valence-electron chi connectivity index (χ0n) is 12.6. The van der Waals surface area contributed by atoms with Gasteiger partial charge in [0.1, 0.15) is 11.6 Å². The lowest BCUT2D eigenvalue weighted by atomic mass is 9.93. The number of piperidine rings is 1. The standard InChI is InChI=1S/C15H25N5O/c16-13(21)7-6-12-4-3-8-19(10-12)11-15-18-17-14-5-1-2-9-20(14)15/h12H,1-11H2,(H2,16,21). The second-order valence-electron chi connectivity index (χ2n) is 6.39. The van der Waals surface area contributed by atoms with Crippen LogP contribution in [0.4, 0.5) is 0 Å². The summed E-state index contributed by atoms with van der Waals surface area (Å²) in [4.78, 5) is 13.4. The number of nitrogens with two attached hydrogens (primary N) is 1. The summed E-state index contributed by atoms with van der Waals surface area (Å²) in [6.45, 7) is 4.13. The van der Waals surface area contributed by atoms with Crippen molar-refractivity contribution in [2.45, 2.75) is 58.0 Å². The van der Waals surface area contributed by atoms with Crippen LogP contribution in [0.1, 0.15) is 50.2 Å². The van der Waals surface area contributed by atoms with Crippen LogP contribution in [-0.4, -0.2) is 38.7 Å². The smallest absolute Gasteiger partial charge is 0.217 e. The highest BCUT2D eigenvalue weighted by Gasteiger charge is 2.23. The average Bonchev–Trinajstić information content (AvgIpc) is 2.89. The lowest BCUT2D eigenvalue weighted by molar-refractivity contribution is -0.118. The average molecular weight is 291 g/mol. The van der Waals surface area contributed by atoms with Crippen LogP contribution in [0.3, 0.4) is 0 Å². The highest BCUT2D eigenvalue weighted by molar-refractivity contribution is 5.73. The van der Waals surface area contributed by atoms with Crippen LogP contribution < -0.4 is 5.73 Å². The van der Waals surface area contributed by atoms with Crippen LogP contribution >= 0.6 is 0 Å². The Morgan fingerprint density at radius 2 is 2.14 bits per heavy atom. The molecular formula is C15H25N5O. The van der Waals surface area contributed by atoms with Gasteiger partial charge in [0, 0.05) is 25.9 Å². The Bertz CT molecular complexity index is 498. The van der Waals surface area contributed by atoms with Crippen LogP contribution in [0.5, 0.6) is 0 Å². The van der Waals surface area contributed by atoms with E-state index in [1.807, 2.05) is 0 Å². The molecule has 0 aromatic carbocycles. The van der Waals surface area contributed by atoms with Gasteiger partial charge in [-0.25, -0.2) is 0 Å². The minimum absolute atomic E-state index is 0.182. The molecule has 1 amide bonds. The summed E-state index contributed by atoms with van der Waals surface area (Å²) in [5.41, 5.74) is 5.26. The predicted molar refractivity (Wildman–Crippen MR) is 79.4 cm³/mol. The normalized spacial score (nSPS) is 23.0. The van der Waals surface area contributed by atoms with Crippen molar-refractivity contribution in [2.24, 2.45) is 11.7 Å². The van der Waals surface area contributed by atoms with Crippen molar-refractivity contribution in [3.8, 4) is 0 Å². The van der Waals surface area contributed by atoms with Crippen molar-refractivity contribution in [2.75, 3.05) is 13.1 Å². The van der Waals surface area contributed by atoms with Gasteiger partial charge in [0.2, 0.25) is 5.91 Å². The van der Waals surface area contributed by atoms with Crippen molar-refractivity contribution in [3.05, 3.63) is 11.6 Å². The number of carbonyl (C=O) groups is 1. The summed E-state index contributed by atoms with van der Waals surface area (Å²) in [6.07, 6.45) is 7.37. The molecule has 3 rings (SSSR count). The third-order valence-corrected chi connectivity index (χ3v) is 4.70. The molecule has 1 saturated heterocycles. The molecule has 2 aliphatic rings. The van der Waals surface area contributed by atoms with E-state index in [9.17, 15) is 4.79 Å². The van der Waals surface area contributed by atoms with Crippen LogP contribution in [0.15, 0.2) is 0 Å². The Morgan fingerprint density at radius 1 is 1.24 bits per heavy atom. The van der Waals surface area contributed by atoms with E-state index in [4.69, 9.17) is 5.73 Å². The fourth-order valence-electron chi connectivity index (χ4n) is 3.56. The van der Waals surface area contributed by atoms with Crippen molar-refractivity contribution in [1.82, 2.24) is 19.7 Å². The van der Waals surface area contributed by atoms with Crippen LogP contribution in [0.25, 0.3) is 0 Å². The Balaban J connectivity index is 1.57. The molecule has 1 atom stereocenters. The van der Waals surface area contributed by atoms with Gasteiger partial charge in [-0.3, -0.25) is 9.69 Å². The van der Waals surface area contributed by atoms with E-state index in [1.165, 1.54) is 25.7 Å². The van der Waals surface area contributed by atoms with Crippen molar-refractivity contribution < 1.29 is 4.79 Å². The Morgan fingerprint density at radius 3 is 3.00 bits per heavy atom. The number of hydrogen-bond acceptors (Lipinski definition) is 4. The van der Waals surface area contributed by atoms with Gasteiger partial charge in [0.05, 0.1) is 6.54 Å². The predicted octanol–water partition coefficient (Wildman–Crippen LogP) is 1.09. The van der Waals surface area contributed by atoms with Gasteiger partial charge < -0.3 is 10.3 Å². The highest BCUT2D eigenvalue weighted by Crippen LogP contribution is 2.23. The second kappa shape index (κ2) is 6.56. The van der Waals surface area contributed by atoms with E-state index in [0.717, 1.165) is 50.7 Å². The van der Waals surface area contributed by atoms with E-state index < -0.39 is 0 Å². The monoisotopic (exact) mass is 291 g/mol. The quantitative estimate of drug-likeness (QED) is 0.881. The molecule has 2 aliphatic heterocycles. The van der Waals surface area contributed by atoms with Gasteiger partial charge in [-0.2, -0.15) is 0 Å². The number of aromatic nitrogens is 3. The first-order chi connectivity index (χ1) is 10.2. The van der Waals surface area contributed by atoms with Gasteiger partial charge in [-0.05, 0) is 44.6 Å². The molecule has 3 heterocycles. The summed E-state index contributed by atoms with van der Waals surface area (Å²) in [6, 6.07) is 0. The minimum Gasteiger partial charge on any atom is -0.370 e. The molecule has 1 aromatic rings. The second-order valence-corrected chi connectivity index (χ2v) is 6.39. The number of rotatable bonds is 5. The number of hydrogen-bond donors (Lipinski definition) is 1. The highest BCUT2D eigenvalue weighted by atomic mass is 16.1. The molecule has 0 spiro atoms. The van der Waals surface area contributed by atoms with Gasteiger partial charge in [0.15, 0.2) is 0 Å². The largest absolute Gasteiger partial charge is 0.370 e. The maximum atomic E-state index is 10.9. The Labute approximate surface area is 125 Å². The van der Waals surface area contributed by atoms with Gasteiger partial charge in [-0.1, -0.05) is 0 Å². The fourth-order valence-corrected chi connectivity index (χ4v) is 3.56. The zero-order valence-corrected chi connectivity index (χ0v) is 12.6. The number of fused-ring (bicyclic) bond motifs is 1. The van der Waals surface area contributed by atoms with Gasteiger partial charge in [-0.15, -0.1) is 10.2 Å². The molecule has 0 aliphatic carbocycles. The lowest BCUT2D eigenvalue weighted by Gasteiger charge is -2.32. The van der Waals surface area contributed by atoms with Crippen LogP contribution in [0, 0.1) is 5.92 Å². The molecule has 0 radical (unpaired) electrons. The molecule has 1 fully saturated rings. The Kier molecular flexibility index (Phi) is 4.53. The third-order valence-electron chi connectivity index (χ3n) is 4.70. The Hall–Kier alpha value is -1.43. The molecule has 1 aromatic heterocycles. The van der Waals surface area contributed by atoms with Gasteiger partial charge >= 0.3 is 0 Å². The number of nitrogens with zero attached hydrogens (tertiary/aromatic N) is 4. The first-order valence-corrected chi connectivity index (χ1v) is 8.14. The molecule has 0 saturated carbocycles. The number of aryl methyl sites for hydroxylation is 1. The molecule has 6 heteroatoms. The molecule has 1 unspecified atom stereocenters. The molecule has 21 heavy (non-hydrogen) atoms. The summed E-state index contributed by atoms with van der Waals surface area (Å²) >= 11 is 0. The molecule has 116 valence electrons. The molecule has 6 nitrogen and oxygen atoms in total. The minimum atomic E-state index is -0.182. The SMILES string of the molecule is NC(=O)CCC1CCCN(Cc2nnc3n2CCCC3)C1. The topological polar surface area (TPSA) is 77.0 Å². The zero-order chi connectivity index (χ0) is 14.7. The number of amides is 1. The van der Waals surface area contributed by atoms with E-state index in [-0.39, 0.29) is 5.91 Å². The van der Waals surface area contributed by atoms with Crippen molar-refractivity contribution in [1.29, 1.82) is 0 Å². The summed E-state index contributed by atoms with van der Waals surface area (Å²) in [5, 5.41) is 8.71. The third kappa shape index (κ3) is 3.61. The molecule has 0 bridgehead atoms. The number of primary amides is 1. The lowest BCUT2D eigenvalue weighted by Crippen LogP contribution is -2.36. The van der Waals surface area contributed by atoms with Gasteiger partial charge in [0.25, 0.3) is 0 Å². The van der Waals surface area contributed by atoms with E-state index >= 15 is 0 Å². The van der Waals surface area contributed by atoms with Crippen molar-refractivity contribution >= 4 is 5.91 Å². The maximum Gasteiger partial charge on any atom is 0.217 e. The fraction of sp³-hybridized carbons (Fsp3) is 0.800. The van der Waals surface area contributed by atoms with E-state index in [1.54, 1.807) is 0 Å². The summed E-state index contributed by atoms with van der Waals surface area (Å²) < 4.78 is 2.30. The first-order valence-electron chi connectivity index (χ1n) is 8.14.